The van der Waals surface area contributed by atoms with E-state index in [-0.39, 0.29) is 34.6 Å². The average molecular weight is 287 g/mol. The Morgan fingerprint density at radius 1 is 1.44 bits per heavy atom. The number of benzene rings is 1. The number of alkyl carbamates (subject to hydrolysis) is 1. The molecule has 1 saturated heterocycles. The van der Waals surface area contributed by atoms with E-state index in [0.717, 1.165) is 0 Å². The largest absolute Gasteiger partial charge is 0.447 e. The molecule has 1 fully saturated rings. The zero-order valence-corrected chi connectivity index (χ0v) is 10.1. The molecule has 1 atom stereocenters. The highest BCUT2D eigenvalue weighted by Crippen LogP contribution is 2.33. The van der Waals surface area contributed by atoms with Gasteiger partial charge in [0.2, 0.25) is 0 Å². The van der Waals surface area contributed by atoms with Crippen LogP contribution in [0.15, 0.2) is 12.1 Å². The molecule has 3 nitrogen and oxygen atoms in total. The van der Waals surface area contributed by atoms with E-state index < -0.39 is 18.0 Å². The van der Waals surface area contributed by atoms with Crippen LogP contribution < -0.4 is 5.32 Å². The molecular formula is C9H7Cl3FNO2. The second-order valence-electron chi connectivity index (χ2n) is 3.05. The first kappa shape index (κ1) is 13.4. The van der Waals surface area contributed by atoms with Crippen molar-refractivity contribution < 1.29 is 13.9 Å². The molecule has 0 spiro atoms. The zero-order chi connectivity index (χ0) is 11.0. The van der Waals surface area contributed by atoms with Gasteiger partial charge in [0, 0.05) is 5.56 Å². The lowest BCUT2D eigenvalue weighted by Crippen LogP contribution is -2.19. The minimum Gasteiger partial charge on any atom is -0.447 e. The summed E-state index contributed by atoms with van der Waals surface area (Å²) in [6.45, 7) is 0.0514. The zero-order valence-electron chi connectivity index (χ0n) is 7.80. The van der Waals surface area contributed by atoms with Crippen LogP contribution in [0, 0.1) is 5.82 Å². The highest BCUT2D eigenvalue weighted by molar-refractivity contribution is 6.42. The molecule has 7 heteroatoms. The predicted molar refractivity (Wildman–Crippen MR) is 60.9 cm³/mol. The van der Waals surface area contributed by atoms with Crippen LogP contribution in [-0.4, -0.2) is 12.7 Å². The number of rotatable bonds is 1. The molecule has 0 radical (unpaired) electrons. The summed E-state index contributed by atoms with van der Waals surface area (Å²) in [5, 5.41) is 2.78. The normalized spacial score (nSPS) is 18.7. The molecule has 1 heterocycles. The van der Waals surface area contributed by atoms with Crippen LogP contribution in [0.1, 0.15) is 11.6 Å². The topological polar surface area (TPSA) is 38.3 Å². The van der Waals surface area contributed by atoms with Crippen molar-refractivity contribution in [1.82, 2.24) is 5.32 Å². The Hall–Kier alpha value is -0.710. The van der Waals surface area contributed by atoms with Gasteiger partial charge in [0.1, 0.15) is 12.4 Å². The summed E-state index contributed by atoms with van der Waals surface area (Å²) < 4.78 is 18.1. The van der Waals surface area contributed by atoms with Crippen LogP contribution in [0.4, 0.5) is 9.18 Å². The Kier molecular flexibility index (Phi) is 4.24. The van der Waals surface area contributed by atoms with Gasteiger partial charge in [0.15, 0.2) is 0 Å². The Bertz CT molecular complexity index is 427. The molecule has 1 amide bonds. The van der Waals surface area contributed by atoms with Gasteiger partial charge in [-0.15, -0.1) is 12.4 Å². The highest BCUT2D eigenvalue weighted by atomic mass is 35.5. The van der Waals surface area contributed by atoms with Gasteiger partial charge < -0.3 is 10.1 Å². The second kappa shape index (κ2) is 5.08. The Labute approximate surface area is 107 Å². The van der Waals surface area contributed by atoms with E-state index in [1.807, 2.05) is 0 Å². The molecular weight excluding hydrogens is 279 g/mol. The summed E-state index contributed by atoms with van der Waals surface area (Å²) >= 11 is 11.6. The third kappa shape index (κ3) is 2.34. The van der Waals surface area contributed by atoms with Crippen molar-refractivity contribution in [3.05, 3.63) is 33.6 Å². The lowest BCUT2D eigenvalue weighted by Gasteiger charge is -2.11. The first-order valence-corrected chi connectivity index (χ1v) is 4.92. The van der Waals surface area contributed by atoms with Gasteiger partial charge in [-0.25, -0.2) is 9.18 Å². The number of halogens is 4. The van der Waals surface area contributed by atoms with Crippen molar-refractivity contribution in [2.75, 3.05) is 6.61 Å². The number of carbonyl (C=O) groups is 1. The van der Waals surface area contributed by atoms with Gasteiger partial charge in [0.25, 0.3) is 0 Å². The van der Waals surface area contributed by atoms with Gasteiger partial charge in [-0.1, -0.05) is 23.2 Å². The monoisotopic (exact) mass is 285 g/mol. The number of hydrogen-bond donors (Lipinski definition) is 1. The molecule has 0 unspecified atom stereocenters. The molecule has 1 aromatic rings. The summed E-state index contributed by atoms with van der Waals surface area (Å²) in [7, 11) is 0. The van der Waals surface area contributed by atoms with Crippen molar-refractivity contribution in [1.29, 1.82) is 0 Å². The van der Waals surface area contributed by atoms with E-state index in [4.69, 9.17) is 23.2 Å². The van der Waals surface area contributed by atoms with E-state index in [2.05, 4.69) is 10.1 Å². The molecule has 1 aliphatic heterocycles. The lowest BCUT2D eigenvalue weighted by molar-refractivity contribution is 0.177. The van der Waals surface area contributed by atoms with Crippen molar-refractivity contribution in [3.63, 3.8) is 0 Å². The van der Waals surface area contributed by atoms with Crippen LogP contribution in [0.25, 0.3) is 0 Å². The van der Waals surface area contributed by atoms with Gasteiger partial charge >= 0.3 is 6.09 Å². The first-order valence-electron chi connectivity index (χ1n) is 4.16. The Morgan fingerprint density at radius 2 is 2.12 bits per heavy atom. The third-order valence-electron chi connectivity index (χ3n) is 2.10. The van der Waals surface area contributed by atoms with E-state index >= 15 is 0 Å². The van der Waals surface area contributed by atoms with Crippen molar-refractivity contribution in [3.8, 4) is 0 Å². The molecule has 0 aromatic heterocycles. The molecule has 0 bridgehead atoms. The fourth-order valence-corrected chi connectivity index (χ4v) is 1.85. The van der Waals surface area contributed by atoms with Crippen molar-refractivity contribution >= 4 is 41.7 Å². The number of ether oxygens (including phenoxy) is 1. The average Bonchev–Trinajstić information content (AvgIpc) is 2.59. The molecule has 1 aromatic carbocycles. The summed E-state index contributed by atoms with van der Waals surface area (Å²) in [5.74, 6) is -0.514. The number of hydrogen-bond acceptors (Lipinski definition) is 2. The maximum absolute atomic E-state index is 13.5. The first-order chi connectivity index (χ1) is 7.09. The van der Waals surface area contributed by atoms with Crippen LogP contribution in [0.2, 0.25) is 10.0 Å². The number of nitrogens with one attached hydrogen (secondary N) is 1. The maximum atomic E-state index is 13.5. The summed E-state index contributed by atoms with van der Waals surface area (Å²) in [4.78, 5) is 10.8. The van der Waals surface area contributed by atoms with Crippen LogP contribution in [0.3, 0.4) is 0 Å². The van der Waals surface area contributed by atoms with E-state index in [0.29, 0.717) is 0 Å². The molecule has 0 aliphatic carbocycles. The minimum absolute atomic E-state index is 0. The van der Waals surface area contributed by atoms with Gasteiger partial charge in [-0.3, -0.25) is 0 Å². The molecule has 1 aliphatic rings. The molecule has 0 saturated carbocycles. The van der Waals surface area contributed by atoms with Gasteiger partial charge in [-0.2, -0.15) is 0 Å². The maximum Gasteiger partial charge on any atom is 0.407 e. The molecule has 16 heavy (non-hydrogen) atoms. The third-order valence-corrected chi connectivity index (χ3v) is 2.92. The molecule has 2 rings (SSSR count). The van der Waals surface area contributed by atoms with E-state index in [1.165, 1.54) is 12.1 Å². The number of amides is 1. The number of carbonyl (C=O) groups excluding carboxylic acids is 1. The van der Waals surface area contributed by atoms with Gasteiger partial charge in [0.05, 0.1) is 16.1 Å². The van der Waals surface area contributed by atoms with Crippen molar-refractivity contribution in [2.45, 2.75) is 6.04 Å². The van der Waals surface area contributed by atoms with E-state index in [9.17, 15) is 9.18 Å². The molecule has 1 N–H and O–H groups in total. The van der Waals surface area contributed by atoms with E-state index in [1.54, 1.807) is 0 Å². The quantitative estimate of drug-likeness (QED) is 0.804. The summed E-state index contributed by atoms with van der Waals surface area (Å²) in [6.07, 6.45) is -0.588. The van der Waals surface area contributed by atoms with Crippen LogP contribution in [0.5, 0.6) is 0 Å². The predicted octanol–water partition coefficient (Wildman–Crippen LogP) is 3.34. The van der Waals surface area contributed by atoms with Gasteiger partial charge in [-0.05, 0) is 12.1 Å². The Morgan fingerprint density at radius 3 is 2.69 bits per heavy atom. The second-order valence-corrected chi connectivity index (χ2v) is 3.84. The SMILES string of the molecule is Cl.O=C1N[C@@H](c2c(F)ccc(Cl)c2Cl)CO1. The Balaban J connectivity index is 0.00000128. The summed E-state index contributed by atoms with van der Waals surface area (Å²) in [5.41, 5.74) is 0.162. The summed E-state index contributed by atoms with van der Waals surface area (Å²) in [6, 6.07) is 1.98. The lowest BCUT2D eigenvalue weighted by atomic mass is 10.1. The molecule has 88 valence electrons. The van der Waals surface area contributed by atoms with Crippen LogP contribution >= 0.6 is 35.6 Å². The standard InChI is InChI=1S/C9H6Cl2FNO2.ClH/c10-4-1-2-5(12)7(8(4)11)6-3-15-9(14)13-6;/h1-2,6H,3H2,(H,13,14);1H/t6-;/m1./s1. The fourth-order valence-electron chi connectivity index (χ4n) is 1.40. The fraction of sp³-hybridized carbons (Fsp3) is 0.222. The highest BCUT2D eigenvalue weighted by Gasteiger charge is 2.29. The van der Waals surface area contributed by atoms with Crippen LogP contribution in [-0.2, 0) is 4.74 Å². The minimum atomic E-state index is -0.588. The van der Waals surface area contributed by atoms with Crippen molar-refractivity contribution in [2.24, 2.45) is 0 Å². The number of cyclic esters (lactones) is 1. The smallest absolute Gasteiger partial charge is 0.407 e.